The molecule has 2 spiro atoms. The van der Waals surface area contributed by atoms with Crippen molar-refractivity contribution in [2.45, 2.75) is 22.9 Å². The average Bonchev–Trinajstić information content (AvgIpc) is 3.37. The van der Waals surface area contributed by atoms with E-state index in [9.17, 15) is 9.59 Å². The van der Waals surface area contributed by atoms with E-state index in [4.69, 9.17) is 19.7 Å². The number of amides is 2. The van der Waals surface area contributed by atoms with E-state index >= 15 is 0 Å². The Labute approximate surface area is 239 Å². The Balaban J connectivity index is 1.91. The van der Waals surface area contributed by atoms with Crippen molar-refractivity contribution in [3.63, 3.8) is 0 Å². The Hall–Kier alpha value is -1.96. The van der Waals surface area contributed by atoms with Crippen LogP contribution >= 0.6 is 47.0 Å². The van der Waals surface area contributed by atoms with E-state index in [1.165, 1.54) is 71.4 Å². The predicted octanol–water partition coefficient (Wildman–Crippen LogP) is 4.59. The third kappa shape index (κ3) is 3.43. The van der Waals surface area contributed by atoms with Crippen molar-refractivity contribution >= 4 is 79.0 Å². The van der Waals surface area contributed by atoms with Gasteiger partial charge < -0.3 is 0 Å². The van der Waals surface area contributed by atoms with Crippen molar-refractivity contribution in [2.75, 3.05) is 49.4 Å². The summed E-state index contributed by atoms with van der Waals surface area (Å²) in [5, 5.41) is 2.64. The summed E-state index contributed by atoms with van der Waals surface area (Å²) in [7, 11) is 2.96. The Morgan fingerprint density at radius 1 is 0.684 bits per heavy atom. The minimum absolute atomic E-state index is 0.279. The van der Waals surface area contributed by atoms with Gasteiger partial charge in [-0.1, -0.05) is 36.4 Å². The summed E-state index contributed by atoms with van der Waals surface area (Å²) in [6.45, 7) is 0. The fourth-order valence-corrected chi connectivity index (χ4v) is 8.30. The highest BCUT2D eigenvalue weighted by molar-refractivity contribution is 8.38. The van der Waals surface area contributed by atoms with Gasteiger partial charge in [-0.05, 0) is 48.3 Å². The highest BCUT2D eigenvalue weighted by Crippen LogP contribution is 2.68. The van der Waals surface area contributed by atoms with Crippen LogP contribution in [0, 0.1) is 0 Å². The third-order valence-corrected chi connectivity index (χ3v) is 11.3. The first-order chi connectivity index (χ1) is 18.4. The molecule has 2 aromatic rings. The second-order valence-electron chi connectivity index (χ2n) is 8.75. The highest BCUT2D eigenvalue weighted by atomic mass is 32.2. The smallest absolute Gasteiger partial charge is 0.266 e. The van der Waals surface area contributed by atoms with E-state index in [-0.39, 0.29) is 11.8 Å². The number of rotatable bonds is 4. The van der Waals surface area contributed by atoms with E-state index in [2.05, 4.69) is 0 Å². The van der Waals surface area contributed by atoms with Crippen molar-refractivity contribution in [2.24, 2.45) is 9.98 Å². The molecular weight excluding hydrogens is 561 g/mol. The SMILES string of the molecule is CON1C(=O)C2(c3ccccc31)C(N=C(SC)SC)C1(C(=O)N(OC)c3ccccc31)C2N=C(SC)SC. The molecule has 3 aliphatic rings. The van der Waals surface area contributed by atoms with Gasteiger partial charge in [-0.15, -0.1) is 47.0 Å². The summed E-state index contributed by atoms with van der Waals surface area (Å²) in [4.78, 5) is 50.7. The van der Waals surface area contributed by atoms with Crippen LogP contribution in [0.25, 0.3) is 0 Å². The largest absolute Gasteiger partial charge is 0.271 e. The minimum Gasteiger partial charge on any atom is -0.271 e. The van der Waals surface area contributed by atoms with Crippen molar-refractivity contribution in [3.8, 4) is 0 Å². The molecule has 0 aromatic heterocycles. The van der Waals surface area contributed by atoms with Gasteiger partial charge in [0.1, 0.15) is 19.6 Å². The Morgan fingerprint density at radius 2 is 1.03 bits per heavy atom. The van der Waals surface area contributed by atoms with Gasteiger partial charge in [0, 0.05) is 0 Å². The minimum atomic E-state index is -1.26. The van der Waals surface area contributed by atoms with Crippen LogP contribution in [0.15, 0.2) is 58.5 Å². The number of benzene rings is 2. The van der Waals surface area contributed by atoms with Gasteiger partial charge in [0.15, 0.2) is 0 Å². The second-order valence-corrected chi connectivity index (χ2v) is 12.4. The zero-order valence-corrected chi connectivity index (χ0v) is 25.1. The topological polar surface area (TPSA) is 83.8 Å². The number of hydrogen-bond donors (Lipinski definition) is 0. The number of aliphatic imine (C=N–C) groups is 2. The average molecular weight is 589 g/mol. The fourth-order valence-electron chi connectivity index (χ4n) is 6.12. The Kier molecular flexibility index (Phi) is 7.66. The number of carbonyl (C=O) groups is 2. The monoisotopic (exact) mass is 588 g/mol. The molecule has 200 valence electrons. The normalized spacial score (nSPS) is 27.0. The molecule has 1 fully saturated rings. The van der Waals surface area contributed by atoms with Gasteiger partial charge in [0.25, 0.3) is 11.8 Å². The molecule has 2 aliphatic heterocycles. The number of anilines is 2. The van der Waals surface area contributed by atoms with Gasteiger partial charge >= 0.3 is 0 Å². The molecule has 2 heterocycles. The van der Waals surface area contributed by atoms with Crippen LogP contribution in [0.3, 0.4) is 0 Å². The van der Waals surface area contributed by atoms with E-state index < -0.39 is 22.9 Å². The standard InChI is InChI=1S/C26H28N4O4S4/c1-33-29-17-13-9-7-11-15(17)25(21(29)31)19(27-23(35-3)36-4)26(20(25)28-24(37-5)38-6)16-12-8-10-14-18(16)30(34-2)22(26)32/h7-14,19-20H,1-6H3. The van der Waals surface area contributed by atoms with Gasteiger partial charge in [-0.25, -0.2) is 0 Å². The van der Waals surface area contributed by atoms with Crippen molar-refractivity contribution in [1.82, 2.24) is 0 Å². The molecule has 0 saturated heterocycles. The lowest BCUT2D eigenvalue weighted by atomic mass is 9.42. The number of fused-ring (bicyclic) bond motifs is 4. The zero-order chi connectivity index (χ0) is 27.2. The number of carbonyl (C=O) groups excluding carboxylic acids is 2. The van der Waals surface area contributed by atoms with Crippen LogP contribution in [0.4, 0.5) is 11.4 Å². The molecular formula is C26H28N4O4S4. The summed E-state index contributed by atoms with van der Waals surface area (Å²) in [5.41, 5.74) is 0.275. The molecule has 0 N–H and O–H groups in total. The lowest BCUT2D eigenvalue weighted by Gasteiger charge is -2.60. The van der Waals surface area contributed by atoms with Gasteiger partial charge in [0.05, 0.1) is 37.7 Å². The zero-order valence-electron chi connectivity index (χ0n) is 21.8. The maximum absolute atomic E-state index is 14.5. The first kappa shape index (κ1) is 27.6. The molecule has 38 heavy (non-hydrogen) atoms. The lowest BCUT2D eigenvalue weighted by molar-refractivity contribution is -0.147. The van der Waals surface area contributed by atoms with Crippen LogP contribution < -0.4 is 10.1 Å². The number of hydrogen-bond acceptors (Lipinski definition) is 10. The van der Waals surface area contributed by atoms with Crippen LogP contribution in [0.5, 0.6) is 0 Å². The molecule has 2 aromatic carbocycles. The van der Waals surface area contributed by atoms with E-state index in [1.54, 1.807) is 0 Å². The third-order valence-electron chi connectivity index (χ3n) is 7.47. The summed E-state index contributed by atoms with van der Waals surface area (Å²) in [6.07, 6.45) is 7.78. The second kappa shape index (κ2) is 10.5. The Bertz CT molecular complexity index is 1230. The molecule has 1 aliphatic carbocycles. The fraction of sp³-hybridized carbons (Fsp3) is 0.385. The molecule has 5 rings (SSSR count). The van der Waals surface area contributed by atoms with Crippen LogP contribution in [0.2, 0.25) is 0 Å². The van der Waals surface area contributed by atoms with Crippen LogP contribution in [0.1, 0.15) is 11.1 Å². The lowest BCUT2D eigenvalue weighted by Crippen LogP contribution is -2.80. The van der Waals surface area contributed by atoms with Crippen LogP contribution in [-0.4, -0.2) is 71.9 Å². The summed E-state index contributed by atoms with van der Waals surface area (Å²) >= 11 is 5.96. The summed E-state index contributed by atoms with van der Waals surface area (Å²) in [5.74, 6) is -0.558. The summed E-state index contributed by atoms with van der Waals surface area (Å²) in [6, 6.07) is 13.6. The number of hydroxylamine groups is 2. The van der Waals surface area contributed by atoms with E-state index in [0.29, 0.717) is 11.4 Å². The molecule has 8 nitrogen and oxygen atoms in total. The maximum Gasteiger partial charge on any atom is 0.266 e. The van der Waals surface area contributed by atoms with Gasteiger partial charge in [-0.3, -0.25) is 29.2 Å². The maximum atomic E-state index is 14.5. The van der Waals surface area contributed by atoms with Crippen molar-refractivity contribution in [3.05, 3.63) is 59.7 Å². The molecule has 0 radical (unpaired) electrons. The Morgan fingerprint density at radius 3 is 1.34 bits per heavy atom. The molecule has 0 bridgehead atoms. The first-order valence-electron chi connectivity index (χ1n) is 11.7. The molecule has 12 heteroatoms. The first-order valence-corrected chi connectivity index (χ1v) is 16.6. The van der Waals surface area contributed by atoms with Crippen molar-refractivity contribution in [1.29, 1.82) is 0 Å². The molecule has 2 amide bonds. The van der Waals surface area contributed by atoms with E-state index in [1.807, 2.05) is 73.6 Å². The molecule has 0 unspecified atom stereocenters. The van der Waals surface area contributed by atoms with Gasteiger partial charge in [0.2, 0.25) is 0 Å². The quantitative estimate of drug-likeness (QED) is 0.379. The number of nitrogens with zero attached hydrogens (tertiary/aromatic N) is 4. The van der Waals surface area contributed by atoms with E-state index in [0.717, 1.165) is 19.9 Å². The molecule has 0 atom stereocenters. The number of para-hydroxylation sites is 2. The van der Waals surface area contributed by atoms with Crippen LogP contribution in [-0.2, 0) is 30.1 Å². The summed E-state index contributed by atoms with van der Waals surface area (Å²) < 4.78 is 1.54. The van der Waals surface area contributed by atoms with Crippen molar-refractivity contribution < 1.29 is 19.3 Å². The van der Waals surface area contributed by atoms with Gasteiger partial charge in [-0.2, -0.15) is 10.1 Å². The number of thioether (sulfide) groups is 4. The predicted molar refractivity (Wildman–Crippen MR) is 162 cm³/mol. The molecule has 1 saturated carbocycles. The highest BCUT2D eigenvalue weighted by Gasteiger charge is 2.84.